The lowest BCUT2D eigenvalue weighted by Gasteiger charge is -2.28. The van der Waals surface area contributed by atoms with Gasteiger partial charge in [0, 0.05) is 25.1 Å². The molecule has 2 aliphatic heterocycles. The summed E-state index contributed by atoms with van der Waals surface area (Å²) in [5.41, 5.74) is 1.54. The van der Waals surface area contributed by atoms with E-state index in [2.05, 4.69) is 15.3 Å². The second-order valence-electron chi connectivity index (χ2n) is 10.4. The molecule has 1 N–H and O–H groups in total. The fraction of sp³-hybridized carbons (Fsp3) is 0.379. The predicted octanol–water partition coefficient (Wildman–Crippen LogP) is 3.33. The van der Waals surface area contributed by atoms with Crippen molar-refractivity contribution >= 4 is 35.0 Å². The van der Waals surface area contributed by atoms with Crippen LogP contribution >= 0.6 is 11.3 Å². The first-order chi connectivity index (χ1) is 19.3. The number of Topliss-reactive ketones (excluding diaryl/α,β-unsaturated/α-hetero) is 1. The van der Waals surface area contributed by atoms with Gasteiger partial charge in [0.25, 0.3) is 0 Å². The Balaban J connectivity index is 1.24. The van der Waals surface area contributed by atoms with E-state index >= 15 is 0 Å². The lowest BCUT2D eigenvalue weighted by atomic mass is 10.0. The SMILES string of the molecule is CC(C)CC(NC(=O)Oc1ccc(-c2ccccn2)s1)C(=O)N1CCC2C1C(=O)CN2C(=O)Cc1cccnc1. The van der Waals surface area contributed by atoms with E-state index in [0.29, 0.717) is 24.4 Å². The van der Waals surface area contributed by atoms with Crippen LogP contribution in [-0.2, 0) is 20.8 Å². The second-order valence-corrected chi connectivity index (χ2v) is 11.5. The minimum Gasteiger partial charge on any atom is -0.399 e. The third-order valence-corrected chi connectivity index (χ3v) is 8.08. The third kappa shape index (κ3) is 6.04. The number of nitrogens with one attached hydrogen (secondary N) is 1. The van der Waals surface area contributed by atoms with Gasteiger partial charge in [0.2, 0.25) is 11.8 Å². The Hall–Kier alpha value is -4.12. The third-order valence-electron chi connectivity index (χ3n) is 7.09. The number of hydrogen-bond donors (Lipinski definition) is 1. The molecule has 3 aromatic heterocycles. The van der Waals surface area contributed by atoms with Crippen molar-refractivity contribution in [2.24, 2.45) is 5.92 Å². The van der Waals surface area contributed by atoms with Gasteiger partial charge in [0.05, 0.1) is 29.6 Å². The molecule has 0 radical (unpaired) electrons. The molecule has 2 saturated heterocycles. The maximum atomic E-state index is 13.7. The van der Waals surface area contributed by atoms with Gasteiger partial charge in [0.1, 0.15) is 12.1 Å². The number of carbonyl (C=O) groups excluding carboxylic acids is 4. The molecule has 208 valence electrons. The van der Waals surface area contributed by atoms with E-state index in [1.54, 1.807) is 35.6 Å². The average Bonchev–Trinajstić information content (AvgIpc) is 3.66. The van der Waals surface area contributed by atoms with Gasteiger partial charge in [0.15, 0.2) is 10.8 Å². The smallest absolute Gasteiger partial charge is 0.399 e. The maximum absolute atomic E-state index is 13.7. The molecule has 3 amide bonds. The lowest BCUT2D eigenvalue weighted by molar-refractivity contribution is -0.138. The van der Waals surface area contributed by atoms with Crippen LogP contribution in [0.1, 0.15) is 32.3 Å². The van der Waals surface area contributed by atoms with Crippen LogP contribution in [0.3, 0.4) is 0 Å². The minimum absolute atomic E-state index is 0.0283. The minimum atomic E-state index is -0.866. The second kappa shape index (κ2) is 12.0. The van der Waals surface area contributed by atoms with Crippen LogP contribution in [-0.4, -0.2) is 74.7 Å². The number of rotatable bonds is 8. The van der Waals surface area contributed by atoms with Crippen LogP contribution < -0.4 is 10.1 Å². The summed E-state index contributed by atoms with van der Waals surface area (Å²) in [6.07, 6.45) is 5.25. The first kappa shape index (κ1) is 27.4. The number of pyridine rings is 2. The number of ether oxygens (including phenoxy) is 1. The number of likely N-dealkylation sites (tertiary alicyclic amines) is 2. The first-order valence-corrected chi connectivity index (χ1v) is 14.1. The van der Waals surface area contributed by atoms with Gasteiger partial charge in [-0.2, -0.15) is 0 Å². The van der Waals surface area contributed by atoms with Crippen molar-refractivity contribution in [3.63, 3.8) is 0 Å². The molecule has 0 saturated carbocycles. The summed E-state index contributed by atoms with van der Waals surface area (Å²) in [7, 11) is 0. The molecule has 5 rings (SSSR count). The highest BCUT2D eigenvalue weighted by Gasteiger charge is 2.52. The highest BCUT2D eigenvalue weighted by molar-refractivity contribution is 7.17. The summed E-state index contributed by atoms with van der Waals surface area (Å²) < 4.78 is 5.50. The van der Waals surface area contributed by atoms with Gasteiger partial charge in [-0.3, -0.25) is 24.4 Å². The molecular formula is C29H31N5O5S. The summed E-state index contributed by atoms with van der Waals surface area (Å²) in [6, 6.07) is 10.7. The number of ketones is 1. The van der Waals surface area contributed by atoms with Crippen molar-refractivity contribution in [1.82, 2.24) is 25.1 Å². The Labute approximate surface area is 236 Å². The van der Waals surface area contributed by atoms with Crippen LogP contribution in [0.25, 0.3) is 10.6 Å². The number of amides is 3. The van der Waals surface area contributed by atoms with E-state index in [0.717, 1.165) is 16.1 Å². The Morgan fingerprint density at radius 3 is 2.67 bits per heavy atom. The zero-order chi connectivity index (χ0) is 28.2. The molecule has 3 atom stereocenters. The van der Waals surface area contributed by atoms with Crippen molar-refractivity contribution in [3.05, 3.63) is 66.6 Å². The Morgan fingerprint density at radius 2 is 1.95 bits per heavy atom. The number of carbonyl (C=O) groups is 4. The van der Waals surface area contributed by atoms with Crippen LogP contribution in [0.15, 0.2) is 61.1 Å². The maximum Gasteiger partial charge on any atom is 0.414 e. The zero-order valence-electron chi connectivity index (χ0n) is 22.4. The molecule has 11 heteroatoms. The van der Waals surface area contributed by atoms with Gasteiger partial charge in [-0.1, -0.05) is 37.3 Å². The fourth-order valence-electron chi connectivity index (χ4n) is 5.35. The normalized spacial score (nSPS) is 19.0. The number of nitrogens with zero attached hydrogens (tertiary/aromatic N) is 4. The van der Waals surface area contributed by atoms with E-state index in [-0.39, 0.29) is 42.5 Å². The Kier molecular flexibility index (Phi) is 8.20. The summed E-state index contributed by atoms with van der Waals surface area (Å²) in [4.78, 5) is 65.0. The van der Waals surface area contributed by atoms with Gasteiger partial charge >= 0.3 is 6.09 Å². The van der Waals surface area contributed by atoms with E-state index < -0.39 is 18.2 Å². The molecule has 2 aliphatic rings. The number of thiophene rings is 1. The lowest BCUT2D eigenvalue weighted by Crippen LogP contribution is -2.53. The average molecular weight is 562 g/mol. The Bertz CT molecular complexity index is 1380. The van der Waals surface area contributed by atoms with Gasteiger partial charge in [-0.05, 0) is 54.7 Å². The summed E-state index contributed by atoms with van der Waals surface area (Å²) >= 11 is 1.28. The standard InChI is InChI=1S/C29H31N5O5S/c1-18(2)14-21(32-29(38)39-26-9-8-24(40-26)20-7-3-4-12-31-20)28(37)33-13-10-22-27(33)23(35)17-34(22)25(36)15-19-6-5-11-30-16-19/h3-9,11-12,16,18,21-22,27H,10,13-15,17H2,1-2H3,(H,32,38). The van der Waals surface area contributed by atoms with Crippen LogP contribution in [0.4, 0.5) is 4.79 Å². The van der Waals surface area contributed by atoms with Crippen molar-refractivity contribution in [3.8, 4) is 15.6 Å². The summed E-state index contributed by atoms with van der Waals surface area (Å²) in [6.45, 7) is 4.22. The van der Waals surface area contributed by atoms with Crippen molar-refractivity contribution < 1.29 is 23.9 Å². The highest BCUT2D eigenvalue weighted by atomic mass is 32.1. The number of fused-ring (bicyclic) bond motifs is 1. The van der Waals surface area contributed by atoms with Crippen molar-refractivity contribution in [2.45, 2.75) is 51.2 Å². The highest BCUT2D eigenvalue weighted by Crippen LogP contribution is 2.33. The first-order valence-electron chi connectivity index (χ1n) is 13.3. The predicted molar refractivity (Wildman–Crippen MR) is 149 cm³/mol. The number of aromatic nitrogens is 2. The fourth-order valence-corrected chi connectivity index (χ4v) is 6.18. The van der Waals surface area contributed by atoms with Gasteiger partial charge in [-0.25, -0.2) is 4.79 Å². The number of hydrogen-bond acceptors (Lipinski definition) is 8. The molecule has 10 nitrogen and oxygen atoms in total. The van der Waals surface area contributed by atoms with Crippen LogP contribution in [0.5, 0.6) is 5.06 Å². The van der Waals surface area contributed by atoms with Crippen LogP contribution in [0, 0.1) is 5.92 Å². The van der Waals surface area contributed by atoms with E-state index in [1.165, 1.54) is 16.2 Å². The molecule has 0 bridgehead atoms. The van der Waals surface area contributed by atoms with Crippen molar-refractivity contribution in [1.29, 1.82) is 0 Å². The quantitative estimate of drug-likeness (QED) is 0.448. The molecule has 0 aromatic carbocycles. The summed E-state index contributed by atoms with van der Waals surface area (Å²) in [5.74, 6) is -0.568. The summed E-state index contributed by atoms with van der Waals surface area (Å²) in [5, 5.41) is 3.10. The zero-order valence-corrected chi connectivity index (χ0v) is 23.2. The molecule has 3 unspecified atom stereocenters. The molecular weight excluding hydrogens is 530 g/mol. The van der Waals surface area contributed by atoms with Gasteiger partial charge in [-0.15, -0.1) is 0 Å². The van der Waals surface area contributed by atoms with E-state index in [9.17, 15) is 19.2 Å². The van der Waals surface area contributed by atoms with E-state index in [1.807, 2.05) is 44.2 Å². The van der Waals surface area contributed by atoms with Crippen LogP contribution in [0.2, 0.25) is 0 Å². The molecule has 3 aromatic rings. The van der Waals surface area contributed by atoms with Gasteiger partial charge < -0.3 is 19.9 Å². The molecule has 5 heterocycles. The molecule has 0 aliphatic carbocycles. The molecule has 0 spiro atoms. The Morgan fingerprint density at radius 1 is 1.10 bits per heavy atom. The largest absolute Gasteiger partial charge is 0.414 e. The molecule has 2 fully saturated rings. The molecule has 40 heavy (non-hydrogen) atoms. The van der Waals surface area contributed by atoms with Crippen molar-refractivity contribution in [2.75, 3.05) is 13.1 Å². The van der Waals surface area contributed by atoms with E-state index in [4.69, 9.17) is 4.74 Å². The topological polar surface area (TPSA) is 122 Å². The monoisotopic (exact) mass is 561 g/mol.